The Morgan fingerprint density at radius 3 is 2.73 bits per heavy atom. The Morgan fingerprint density at radius 2 is 1.92 bits per heavy atom. The van der Waals surface area contributed by atoms with Gasteiger partial charge in [-0.2, -0.15) is 0 Å². The van der Waals surface area contributed by atoms with Gasteiger partial charge in [0, 0.05) is 43.4 Å². The van der Waals surface area contributed by atoms with Crippen molar-refractivity contribution < 1.29 is 9.53 Å². The van der Waals surface area contributed by atoms with Gasteiger partial charge in [-0.3, -0.25) is 4.98 Å². The van der Waals surface area contributed by atoms with Gasteiger partial charge in [-0.05, 0) is 48.7 Å². The highest BCUT2D eigenvalue weighted by atomic mass is 16.5. The fraction of sp³-hybridized carbons (Fsp3) is 0.400. The SMILES string of the molecule is O=C(Nc1cccc(N2CCOCC2)c1)N1CCCC1c1ccncc1. The van der Waals surface area contributed by atoms with Crippen LogP contribution in [0.25, 0.3) is 0 Å². The van der Waals surface area contributed by atoms with Crippen molar-refractivity contribution in [3.05, 3.63) is 54.4 Å². The van der Waals surface area contributed by atoms with Crippen molar-refractivity contribution in [3.63, 3.8) is 0 Å². The summed E-state index contributed by atoms with van der Waals surface area (Å²) in [5.74, 6) is 0. The second kappa shape index (κ2) is 7.74. The third-order valence-corrected chi connectivity index (χ3v) is 5.08. The van der Waals surface area contributed by atoms with Crippen LogP contribution in [0.15, 0.2) is 48.8 Å². The van der Waals surface area contributed by atoms with E-state index in [2.05, 4.69) is 21.3 Å². The number of nitrogens with zero attached hydrogens (tertiary/aromatic N) is 3. The number of carbonyl (C=O) groups is 1. The molecule has 0 aliphatic carbocycles. The second-order valence-corrected chi connectivity index (χ2v) is 6.71. The number of likely N-dealkylation sites (tertiary alicyclic amines) is 1. The summed E-state index contributed by atoms with van der Waals surface area (Å²) in [6, 6.07) is 12.1. The number of morpholine rings is 1. The third kappa shape index (κ3) is 3.65. The van der Waals surface area contributed by atoms with Crippen molar-refractivity contribution in [2.45, 2.75) is 18.9 Å². The topological polar surface area (TPSA) is 57.7 Å². The van der Waals surface area contributed by atoms with Crippen LogP contribution in [0.2, 0.25) is 0 Å². The summed E-state index contributed by atoms with van der Waals surface area (Å²) >= 11 is 0. The van der Waals surface area contributed by atoms with E-state index in [0.29, 0.717) is 0 Å². The summed E-state index contributed by atoms with van der Waals surface area (Å²) in [6.07, 6.45) is 5.59. The van der Waals surface area contributed by atoms with Crippen molar-refractivity contribution in [1.29, 1.82) is 0 Å². The highest BCUT2D eigenvalue weighted by Crippen LogP contribution is 2.32. The van der Waals surface area contributed by atoms with Crippen LogP contribution in [0.1, 0.15) is 24.4 Å². The van der Waals surface area contributed by atoms with Crippen LogP contribution in [-0.4, -0.2) is 48.8 Å². The molecule has 0 spiro atoms. The van der Waals surface area contributed by atoms with E-state index in [1.54, 1.807) is 12.4 Å². The van der Waals surface area contributed by atoms with E-state index in [0.717, 1.165) is 62.6 Å². The molecule has 4 rings (SSSR count). The van der Waals surface area contributed by atoms with Crippen LogP contribution >= 0.6 is 0 Å². The number of amides is 2. The maximum atomic E-state index is 12.9. The predicted octanol–water partition coefficient (Wildman–Crippen LogP) is 3.29. The van der Waals surface area contributed by atoms with E-state index in [9.17, 15) is 4.79 Å². The number of ether oxygens (including phenoxy) is 1. The summed E-state index contributed by atoms with van der Waals surface area (Å²) in [5, 5.41) is 3.08. The zero-order chi connectivity index (χ0) is 17.8. The lowest BCUT2D eigenvalue weighted by atomic mass is 10.1. The van der Waals surface area contributed by atoms with Crippen molar-refractivity contribution in [3.8, 4) is 0 Å². The number of benzene rings is 1. The van der Waals surface area contributed by atoms with Gasteiger partial charge in [0.1, 0.15) is 0 Å². The number of carbonyl (C=O) groups excluding carboxylic acids is 1. The Balaban J connectivity index is 1.46. The molecule has 1 aromatic heterocycles. The lowest BCUT2D eigenvalue weighted by molar-refractivity contribution is 0.122. The second-order valence-electron chi connectivity index (χ2n) is 6.71. The van der Waals surface area contributed by atoms with Gasteiger partial charge >= 0.3 is 6.03 Å². The quantitative estimate of drug-likeness (QED) is 0.921. The number of pyridine rings is 1. The minimum Gasteiger partial charge on any atom is -0.378 e. The molecule has 26 heavy (non-hydrogen) atoms. The van der Waals surface area contributed by atoms with Gasteiger partial charge in [0.05, 0.1) is 19.3 Å². The molecule has 2 aliphatic heterocycles. The molecule has 1 aromatic carbocycles. The fourth-order valence-electron chi connectivity index (χ4n) is 3.74. The minimum absolute atomic E-state index is 0.0385. The summed E-state index contributed by atoms with van der Waals surface area (Å²) in [7, 11) is 0. The van der Waals surface area contributed by atoms with Crippen molar-refractivity contribution >= 4 is 17.4 Å². The van der Waals surface area contributed by atoms with Gasteiger partial charge in [-0.25, -0.2) is 4.79 Å². The van der Waals surface area contributed by atoms with Gasteiger partial charge in [-0.15, -0.1) is 0 Å². The molecule has 0 saturated carbocycles. The van der Waals surface area contributed by atoms with Crippen molar-refractivity contribution in [2.24, 2.45) is 0 Å². The summed E-state index contributed by atoms with van der Waals surface area (Å²) in [6.45, 7) is 4.04. The lowest BCUT2D eigenvalue weighted by Gasteiger charge is -2.29. The molecule has 2 aliphatic rings. The van der Waals surface area contributed by atoms with E-state index in [4.69, 9.17) is 4.74 Å². The number of urea groups is 1. The monoisotopic (exact) mass is 352 g/mol. The Kier molecular flexibility index (Phi) is 5.02. The average molecular weight is 352 g/mol. The molecule has 1 unspecified atom stereocenters. The zero-order valence-corrected chi connectivity index (χ0v) is 14.8. The number of nitrogens with one attached hydrogen (secondary N) is 1. The molecule has 6 nitrogen and oxygen atoms in total. The predicted molar refractivity (Wildman–Crippen MR) is 101 cm³/mol. The maximum absolute atomic E-state index is 12.9. The summed E-state index contributed by atoms with van der Waals surface area (Å²) < 4.78 is 5.41. The lowest BCUT2D eigenvalue weighted by Crippen LogP contribution is -2.36. The Morgan fingerprint density at radius 1 is 1.12 bits per heavy atom. The van der Waals surface area contributed by atoms with Gasteiger partial charge in [0.15, 0.2) is 0 Å². The molecule has 1 atom stereocenters. The van der Waals surface area contributed by atoms with Crippen LogP contribution in [0.3, 0.4) is 0 Å². The van der Waals surface area contributed by atoms with Crippen molar-refractivity contribution in [2.75, 3.05) is 43.1 Å². The first-order valence-corrected chi connectivity index (χ1v) is 9.21. The molecule has 136 valence electrons. The van der Waals surface area contributed by atoms with Gasteiger partial charge in [0.25, 0.3) is 0 Å². The van der Waals surface area contributed by atoms with E-state index >= 15 is 0 Å². The standard InChI is InChI=1S/C20H24N4O2/c25-20(24-10-2-5-19(24)16-6-8-21-9-7-16)22-17-3-1-4-18(15-17)23-11-13-26-14-12-23/h1,3-4,6-9,15,19H,2,5,10-14H2,(H,22,25). The molecule has 0 radical (unpaired) electrons. The number of aromatic nitrogens is 1. The van der Waals surface area contributed by atoms with E-state index in [1.165, 1.54) is 0 Å². The van der Waals surface area contributed by atoms with Crippen molar-refractivity contribution in [1.82, 2.24) is 9.88 Å². The highest BCUT2D eigenvalue weighted by molar-refractivity contribution is 5.90. The number of anilines is 2. The Labute approximate surface area is 153 Å². The average Bonchev–Trinajstić information content (AvgIpc) is 3.20. The molecule has 2 amide bonds. The third-order valence-electron chi connectivity index (χ3n) is 5.08. The molecule has 3 heterocycles. The highest BCUT2D eigenvalue weighted by Gasteiger charge is 2.30. The van der Waals surface area contributed by atoms with E-state index in [1.807, 2.05) is 35.2 Å². The Hall–Kier alpha value is -2.60. The number of hydrogen-bond donors (Lipinski definition) is 1. The molecule has 6 heteroatoms. The number of rotatable bonds is 3. The first-order chi connectivity index (χ1) is 12.8. The fourth-order valence-corrected chi connectivity index (χ4v) is 3.74. The van der Waals surface area contributed by atoms with Crippen LogP contribution < -0.4 is 10.2 Å². The summed E-state index contributed by atoms with van der Waals surface area (Å²) in [5.41, 5.74) is 3.10. The molecule has 1 N–H and O–H groups in total. The maximum Gasteiger partial charge on any atom is 0.322 e. The van der Waals surface area contributed by atoms with Gasteiger partial charge in [0.2, 0.25) is 0 Å². The molecule has 0 bridgehead atoms. The normalized spacial score (nSPS) is 20.2. The summed E-state index contributed by atoms with van der Waals surface area (Å²) in [4.78, 5) is 21.1. The smallest absolute Gasteiger partial charge is 0.322 e. The molecular weight excluding hydrogens is 328 g/mol. The first-order valence-electron chi connectivity index (χ1n) is 9.21. The molecular formula is C20H24N4O2. The number of hydrogen-bond acceptors (Lipinski definition) is 4. The van der Waals surface area contributed by atoms with E-state index in [-0.39, 0.29) is 12.1 Å². The first kappa shape index (κ1) is 16.8. The minimum atomic E-state index is -0.0385. The largest absolute Gasteiger partial charge is 0.378 e. The van der Waals surface area contributed by atoms with Crippen LogP contribution in [0.4, 0.5) is 16.2 Å². The zero-order valence-electron chi connectivity index (χ0n) is 14.8. The molecule has 2 aromatic rings. The Bertz CT molecular complexity index is 746. The van der Waals surface area contributed by atoms with Gasteiger partial charge < -0.3 is 19.9 Å². The van der Waals surface area contributed by atoms with Gasteiger partial charge in [-0.1, -0.05) is 6.07 Å². The van der Waals surface area contributed by atoms with Crippen LogP contribution in [0, 0.1) is 0 Å². The van der Waals surface area contributed by atoms with Crippen LogP contribution in [0.5, 0.6) is 0 Å². The van der Waals surface area contributed by atoms with E-state index < -0.39 is 0 Å². The molecule has 2 fully saturated rings. The van der Waals surface area contributed by atoms with Crippen LogP contribution in [-0.2, 0) is 4.74 Å². The molecule has 2 saturated heterocycles.